The Morgan fingerprint density at radius 2 is 2.16 bits per heavy atom. The highest BCUT2D eigenvalue weighted by atomic mass is 79.9. The summed E-state index contributed by atoms with van der Waals surface area (Å²) in [4.78, 5) is 13.2. The molecule has 7 heteroatoms. The number of halogens is 1. The third-order valence-electron chi connectivity index (χ3n) is 2.74. The molecule has 3 heterocycles. The second kappa shape index (κ2) is 4.57. The molecule has 0 saturated heterocycles. The van der Waals surface area contributed by atoms with Crippen LogP contribution in [0.15, 0.2) is 34.8 Å². The summed E-state index contributed by atoms with van der Waals surface area (Å²) in [5, 5.41) is 6.40. The lowest BCUT2D eigenvalue weighted by Gasteiger charge is -2.24. The quantitative estimate of drug-likeness (QED) is 0.796. The van der Waals surface area contributed by atoms with E-state index < -0.39 is 0 Å². The fraction of sp³-hybridized carbons (Fsp3) is 0.250. The molecule has 0 bridgehead atoms. The minimum absolute atomic E-state index is 0.297. The summed E-state index contributed by atoms with van der Waals surface area (Å²) in [5.41, 5.74) is 0.502. The van der Waals surface area contributed by atoms with Crippen molar-refractivity contribution in [3.8, 4) is 0 Å². The molecule has 3 aromatic heterocycles. The van der Waals surface area contributed by atoms with E-state index in [9.17, 15) is 0 Å². The van der Waals surface area contributed by atoms with E-state index in [1.165, 1.54) is 0 Å². The highest BCUT2D eigenvalue weighted by Crippen LogP contribution is 2.28. The summed E-state index contributed by atoms with van der Waals surface area (Å²) in [6.45, 7) is 4.15. The second-order valence-corrected chi connectivity index (χ2v) is 6.36. The summed E-state index contributed by atoms with van der Waals surface area (Å²) >= 11 is 5.03. The van der Waals surface area contributed by atoms with Crippen molar-refractivity contribution in [2.24, 2.45) is 0 Å². The maximum absolute atomic E-state index is 4.47. The molecule has 0 spiro atoms. The minimum Gasteiger partial charge on any atom is -0.356 e. The number of hydrogen-bond acceptors (Lipinski definition) is 5. The molecule has 0 radical (unpaired) electrons. The molecule has 0 unspecified atom stereocenters. The number of nitrogens with one attached hydrogen (secondary N) is 1. The maximum atomic E-state index is 4.47. The topological polar surface area (TPSA) is 55.1 Å². The Bertz CT molecular complexity index is 704. The van der Waals surface area contributed by atoms with Gasteiger partial charge in [-0.15, -0.1) is 11.3 Å². The number of anilines is 1. The van der Waals surface area contributed by atoms with Gasteiger partial charge in [-0.2, -0.15) is 0 Å². The van der Waals surface area contributed by atoms with Gasteiger partial charge in [-0.3, -0.25) is 0 Å². The van der Waals surface area contributed by atoms with E-state index in [2.05, 4.69) is 50.0 Å². The van der Waals surface area contributed by atoms with Crippen LogP contribution in [0.25, 0.3) is 5.65 Å². The zero-order chi connectivity index (χ0) is 13.5. The van der Waals surface area contributed by atoms with Crippen LogP contribution < -0.4 is 5.32 Å². The van der Waals surface area contributed by atoms with Gasteiger partial charge < -0.3 is 9.72 Å². The van der Waals surface area contributed by atoms with Crippen molar-refractivity contribution in [3.63, 3.8) is 0 Å². The van der Waals surface area contributed by atoms with Crippen molar-refractivity contribution in [3.05, 3.63) is 39.8 Å². The van der Waals surface area contributed by atoms with E-state index in [0.29, 0.717) is 0 Å². The molecule has 3 rings (SSSR count). The molecule has 0 fully saturated rings. The molecule has 0 aromatic carbocycles. The van der Waals surface area contributed by atoms with Crippen LogP contribution in [-0.4, -0.2) is 19.4 Å². The molecule has 3 aromatic rings. The van der Waals surface area contributed by atoms with Crippen molar-refractivity contribution in [1.29, 1.82) is 0 Å². The van der Waals surface area contributed by atoms with Crippen LogP contribution in [0.1, 0.15) is 18.9 Å². The Morgan fingerprint density at radius 1 is 1.32 bits per heavy atom. The predicted octanol–water partition coefficient (Wildman–Crippen LogP) is 3.30. The fourth-order valence-corrected chi connectivity index (χ4v) is 2.98. The standard InChI is InChI=1S/C12H12BrN5S/c1-12(2,11-15-4-6-19-11)17-9-10-14-3-5-18(10)7-8(13)16-9/h3-7H,1-2H3,(H,16,17). The van der Waals surface area contributed by atoms with E-state index in [-0.39, 0.29) is 5.54 Å². The van der Waals surface area contributed by atoms with E-state index in [0.717, 1.165) is 21.1 Å². The molecule has 0 aliphatic rings. The smallest absolute Gasteiger partial charge is 0.180 e. The van der Waals surface area contributed by atoms with Gasteiger partial charge in [0.2, 0.25) is 0 Å². The summed E-state index contributed by atoms with van der Waals surface area (Å²) in [6.07, 6.45) is 7.33. The third kappa shape index (κ3) is 2.35. The van der Waals surface area contributed by atoms with E-state index in [1.54, 1.807) is 17.5 Å². The normalized spacial score (nSPS) is 11.9. The van der Waals surface area contributed by atoms with Crippen molar-refractivity contribution >= 4 is 38.7 Å². The van der Waals surface area contributed by atoms with Gasteiger partial charge in [0.05, 0.1) is 5.54 Å². The van der Waals surface area contributed by atoms with Crippen LogP contribution in [0.3, 0.4) is 0 Å². The number of thiazole rings is 1. The molecule has 98 valence electrons. The van der Waals surface area contributed by atoms with Crippen LogP contribution in [0.4, 0.5) is 5.82 Å². The summed E-state index contributed by atoms with van der Waals surface area (Å²) in [6, 6.07) is 0. The van der Waals surface area contributed by atoms with Gasteiger partial charge in [0, 0.05) is 30.2 Å². The Labute approximate surface area is 122 Å². The number of hydrogen-bond donors (Lipinski definition) is 1. The maximum Gasteiger partial charge on any atom is 0.180 e. The monoisotopic (exact) mass is 337 g/mol. The minimum atomic E-state index is -0.297. The molecule has 1 N–H and O–H groups in total. The average Bonchev–Trinajstić information content (AvgIpc) is 2.98. The van der Waals surface area contributed by atoms with Crippen molar-refractivity contribution in [2.45, 2.75) is 19.4 Å². The highest BCUT2D eigenvalue weighted by Gasteiger charge is 2.25. The number of aromatic nitrogens is 4. The van der Waals surface area contributed by atoms with Crippen LogP contribution in [0.2, 0.25) is 0 Å². The van der Waals surface area contributed by atoms with Gasteiger partial charge in [0.15, 0.2) is 11.5 Å². The van der Waals surface area contributed by atoms with Gasteiger partial charge in [0.25, 0.3) is 0 Å². The first-order valence-electron chi connectivity index (χ1n) is 5.73. The third-order valence-corrected chi connectivity index (χ3v) is 4.22. The van der Waals surface area contributed by atoms with Crippen molar-refractivity contribution in [2.75, 3.05) is 5.32 Å². The van der Waals surface area contributed by atoms with E-state index >= 15 is 0 Å². The first-order chi connectivity index (χ1) is 9.06. The SMILES string of the molecule is CC(C)(Nc1nc(Br)cn2ccnc12)c1nccs1. The van der Waals surface area contributed by atoms with Gasteiger partial charge in [-0.1, -0.05) is 0 Å². The van der Waals surface area contributed by atoms with Crippen molar-refractivity contribution in [1.82, 2.24) is 19.4 Å². The first-order valence-corrected chi connectivity index (χ1v) is 7.41. The number of rotatable bonds is 3. The van der Waals surface area contributed by atoms with Gasteiger partial charge in [0.1, 0.15) is 9.61 Å². The highest BCUT2D eigenvalue weighted by molar-refractivity contribution is 9.10. The van der Waals surface area contributed by atoms with Gasteiger partial charge in [-0.05, 0) is 29.8 Å². The second-order valence-electron chi connectivity index (χ2n) is 4.66. The Hall–Kier alpha value is -1.47. The van der Waals surface area contributed by atoms with Crippen LogP contribution >= 0.6 is 27.3 Å². The van der Waals surface area contributed by atoms with Crippen molar-refractivity contribution < 1.29 is 0 Å². The summed E-state index contributed by atoms with van der Waals surface area (Å²) in [7, 11) is 0. The molecule has 0 amide bonds. The van der Waals surface area contributed by atoms with Crippen LogP contribution in [-0.2, 0) is 5.54 Å². The number of fused-ring (bicyclic) bond motifs is 1. The first kappa shape index (κ1) is 12.6. The number of imidazole rings is 1. The number of nitrogens with zero attached hydrogens (tertiary/aromatic N) is 4. The molecule has 0 atom stereocenters. The lowest BCUT2D eigenvalue weighted by molar-refractivity contribution is 0.601. The average molecular weight is 338 g/mol. The predicted molar refractivity (Wildman–Crippen MR) is 79.4 cm³/mol. The molecule has 0 aliphatic heterocycles. The molecular weight excluding hydrogens is 326 g/mol. The lowest BCUT2D eigenvalue weighted by atomic mass is 10.1. The molecule has 0 aliphatic carbocycles. The van der Waals surface area contributed by atoms with Gasteiger partial charge in [-0.25, -0.2) is 15.0 Å². The molecule has 19 heavy (non-hydrogen) atoms. The fourth-order valence-electron chi connectivity index (χ4n) is 1.87. The Kier molecular flexibility index (Phi) is 3.02. The van der Waals surface area contributed by atoms with Crippen LogP contribution in [0.5, 0.6) is 0 Å². The summed E-state index contributed by atoms with van der Waals surface area (Å²) in [5.74, 6) is 0.736. The molecule has 0 saturated carbocycles. The van der Waals surface area contributed by atoms with Crippen LogP contribution in [0, 0.1) is 0 Å². The molecular formula is C12H12BrN5S. The largest absolute Gasteiger partial charge is 0.356 e. The zero-order valence-electron chi connectivity index (χ0n) is 10.5. The van der Waals surface area contributed by atoms with Gasteiger partial charge >= 0.3 is 0 Å². The lowest BCUT2D eigenvalue weighted by Crippen LogP contribution is -2.28. The Balaban J connectivity index is 2.03. The zero-order valence-corrected chi connectivity index (χ0v) is 12.9. The van der Waals surface area contributed by atoms with E-state index in [1.807, 2.05) is 28.4 Å². The summed E-state index contributed by atoms with van der Waals surface area (Å²) < 4.78 is 2.69. The molecule has 5 nitrogen and oxygen atoms in total. The Morgan fingerprint density at radius 3 is 2.89 bits per heavy atom. The van der Waals surface area contributed by atoms with E-state index in [4.69, 9.17) is 0 Å².